The average molecular weight is 483 g/mol. The molecule has 0 aliphatic heterocycles. The number of aromatic nitrogens is 2. The number of nitrogens with zero attached hydrogens (tertiary/aromatic N) is 2. The zero-order valence-electron chi connectivity index (χ0n) is 18.5. The van der Waals surface area contributed by atoms with Crippen molar-refractivity contribution in [3.05, 3.63) is 57.6 Å². The Morgan fingerprint density at radius 3 is 2.42 bits per heavy atom. The lowest BCUT2D eigenvalue weighted by atomic mass is 9.76. The highest BCUT2D eigenvalue weighted by Gasteiger charge is 2.39. The summed E-state index contributed by atoms with van der Waals surface area (Å²) in [6.45, 7) is 4.04. The van der Waals surface area contributed by atoms with Gasteiger partial charge in [-0.25, -0.2) is 4.98 Å². The highest BCUT2D eigenvalue weighted by atomic mass is 35.5. The summed E-state index contributed by atoms with van der Waals surface area (Å²) in [5, 5.41) is 21.7. The smallest absolute Gasteiger partial charge is 0.194 e. The summed E-state index contributed by atoms with van der Waals surface area (Å²) in [5.41, 5.74) is 2.82. The Kier molecular flexibility index (Phi) is 5.14. The maximum absolute atomic E-state index is 12.7. The number of Topliss-reactive ketones (excluding diaryl/α,β-unsaturated/α-hetero) is 1. The molecule has 4 aromatic rings. The Morgan fingerprint density at radius 2 is 1.79 bits per heavy atom. The molecule has 5 rings (SSSR count). The van der Waals surface area contributed by atoms with Gasteiger partial charge in [0.15, 0.2) is 11.8 Å². The topological polar surface area (TPSA) is 84.6 Å². The summed E-state index contributed by atoms with van der Waals surface area (Å²) >= 11 is 8.51. The number of ether oxygens (including phenoxy) is 1. The highest BCUT2D eigenvalue weighted by Crippen LogP contribution is 2.49. The molecule has 33 heavy (non-hydrogen) atoms. The Hall–Kier alpha value is -3.03. The van der Waals surface area contributed by atoms with E-state index in [4.69, 9.17) is 21.3 Å². The van der Waals surface area contributed by atoms with Gasteiger partial charge in [0.25, 0.3) is 0 Å². The van der Waals surface area contributed by atoms with Crippen LogP contribution in [0.4, 0.5) is 0 Å². The van der Waals surface area contributed by atoms with Gasteiger partial charge in [-0.2, -0.15) is 0 Å². The molecule has 0 bridgehead atoms. The van der Waals surface area contributed by atoms with Crippen LogP contribution >= 0.6 is 22.9 Å². The van der Waals surface area contributed by atoms with Gasteiger partial charge in [0.05, 0.1) is 29.8 Å². The summed E-state index contributed by atoms with van der Waals surface area (Å²) in [6, 6.07) is 10.5. The molecule has 0 amide bonds. The fourth-order valence-corrected chi connectivity index (χ4v) is 6.21. The number of benzene rings is 1. The van der Waals surface area contributed by atoms with E-state index in [1.807, 2.05) is 38.1 Å². The van der Waals surface area contributed by atoms with Gasteiger partial charge in [0.1, 0.15) is 16.4 Å². The van der Waals surface area contributed by atoms with Gasteiger partial charge in [0, 0.05) is 34.4 Å². The van der Waals surface area contributed by atoms with Crippen LogP contribution in [0.2, 0.25) is 5.02 Å². The summed E-state index contributed by atoms with van der Waals surface area (Å²) in [6.07, 6.45) is 1.13. The fourth-order valence-electron chi connectivity index (χ4n) is 4.53. The van der Waals surface area contributed by atoms with Crippen molar-refractivity contribution in [3.8, 4) is 28.6 Å². The Labute approximate surface area is 200 Å². The van der Waals surface area contributed by atoms with Gasteiger partial charge in [-0.15, -0.1) is 11.3 Å². The van der Waals surface area contributed by atoms with Gasteiger partial charge in [-0.05, 0) is 43.5 Å². The lowest BCUT2D eigenvalue weighted by Gasteiger charge is -2.28. The molecular formula is C25H23ClN2O4S. The zero-order chi connectivity index (χ0) is 23.5. The molecule has 0 spiro atoms. The molecule has 2 N–H and O–H groups in total. The first-order valence-electron chi connectivity index (χ1n) is 10.6. The SMILES string of the molecule is COc1ccc(-c2c(Cl)c(Cn3c(O)ccc3O)nc3sc4c(c23)CCC(=O)C4(C)C)cc1. The number of hydrogen-bond donors (Lipinski definition) is 2. The number of pyridine rings is 1. The minimum Gasteiger partial charge on any atom is -0.497 e. The van der Waals surface area contributed by atoms with Crippen LogP contribution in [-0.4, -0.2) is 32.7 Å². The van der Waals surface area contributed by atoms with Gasteiger partial charge in [-0.1, -0.05) is 23.7 Å². The molecule has 0 atom stereocenters. The molecule has 1 aliphatic carbocycles. The number of methoxy groups -OCH3 is 1. The Bertz CT molecular complexity index is 1380. The third-order valence-electron chi connectivity index (χ3n) is 6.44. The van der Waals surface area contributed by atoms with E-state index >= 15 is 0 Å². The van der Waals surface area contributed by atoms with E-state index in [1.165, 1.54) is 28.0 Å². The van der Waals surface area contributed by atoms with E-state index in [2.05, 4.69) is 0 Å². The van der Waals surface area contributed by atoms with Crippen LogP contribution in [0.1, 0.15) is 36.4 Å². The van der Waals surface area contributed by atoms with Crippen molar-refractivity contribution < 1.29 is 19.7 Å². The number of halogens is 1. The number of carbonyl (C=O) groups is 1. The van der Waals surface area contributed by atoms with E-state index in [0.717, 1.165) is 37.5 Å². The van der Waals surface area contributed by atoms with Crippen molar-refractivity contribution in [2.24, 2.45) is 0 Å². The Balaban J connectivity index is 1.80. The quantitative estimate of drug-likeness (QED) is 0.391. The van der Waals surface area contributed by atoms with Crippen molar-refractivity contribution >= 4 is 38.9 Å². The molecule has 0 fully saturated rings. The molecule has 3 aromatic heterocycles. The molecule has 1 aliphatic rings. The number of ketones is 1. The summed E-state index contributed by atoms with van der Waals surface area (Å²) in [4.78, 5) is 19.4. The van der Waals surface area contributed by atoms with E-state index in [9.17, 15) is 15.0 Å². The van der Waals surface area contributed by atoms with Crippen LogP contribution in [0, 0.1) is 0 Å². The number of aryl methyl sites for hydroxylation is 1. The number of aromatic hydroxyl groups is 2. The van der Waals surface area contributed by atoms with Crippen molar-refractivity contribution in [2.75, 3.05) is 7.11 Å². The van der Waals surface area contributed by atoms with Crippen LogP contribution in [0.25, 0.3) is 21.3 Å². The maximum Gasteiger partial charge on any atom is 0.194 e. The molecule has 8 heteroatoms. The van der Waals surface area contributed by atoms with Crippen molar-refractivity contribution in [1.82, 2.24) is 9.55 Å². The van der Waals surface area contributed by atoms with Crippen LogP contribution in [0.15, 0.2) is 36.4 Å². The minimum atomic E-state index is -0.584. The first kappa shape index (κ1) is 21.8. The number of hydrogen-bond acceptors (Lipinski definition) is 6. The molecule has 1 aromatic carbocycles. The zero-order valence-corrected chi connectivity index (χ0v) is 20.0. The van der Waals surface area contributed by atoms with Crippen molar-refractivity contribution in [1.29, 1.82) is 0 Å². The average Bonchev–Trinajstić information content (AvgIpc) is 3.32. The van der Waals surface area contributed by atoms with Crippen LogP contribution in [0.5, 0.6) is 17.5 Å². The molecule has 3 heterocycles. The van der Waals surface area contributed by atoms with E-state index in [0.29, 0.717) is 23.6 Å². The third-order valence-corrected chi connectivity index (χ3v) is 8.29. The van der Waals surface area contributed by atoms with Gasteiger partial charge >= 0.3 is 0 Å². The van der Waals surface area contributed by atoms with Crippen LogP contribution in [0.3, 0.4) is 0 Å². The number of thiophene rings is 1. The first-order valence-corrected chi connectivity index (χ1v) is 11.8. The molecular weight excluding hydrogens is 460 g/mol. The minimum absolute atomic E-state index is 0.0753. The molecule has 0 radical (unpaired) electrons. The van der Waals surface area contributed by atoms with Crippen molar-refractivity contribution in [3.63, 3.8) is 0 Å². The van der Waals surface area contributed by atoms with Crippen molar-refractivity contribution in [2.45, 2.75) is 38.6 Å². The largest absolute Gasteiger partial charge is 0.497 e. The number of rotatable bonds is 4. The van der Waals surface area contributed by atoms with E-state index in [-0.39, 0.29) is 24.1 Å². The molecule has 0 saturated heterocycles. The second kappa shape index (κ2) is 7.78. The monoisotopic (exact) mass is 482 g/mol. The lowest BCUT2D eigenvalue weighted by Crippen LogP contribution is -2.32. The number of carbonyl (C=O) groups excluding carboxylic acids is 1. The van der Waals surface area contributed by atoms with Gasteiger partial charge in [0.2, 0.25) is 0 Å². The van der Waals surface area contributed by atoms with Gasteiger partial charge < -0.3 is 14.9 Å². The number of fused-ring (bicyclic) bond motifs is 3. The predicted octanol–water partition coefficient (Wildman–Crippen LogP) is 5.68. The summed E-state index contributed by atoms with van der Waals surface area (Å²) in [7, 11) is 1.62. The highest BCUT2D eigenvalue weighted by molar-refractivity contribution is 7.19. The van der Waals surface area contributed by atoms with Gasteiger partial charge in [-0.3, -0.25) is 9.36 Å². The summed E-state index contributed by atoms with van der Waals surface area (Å²) < 4.78 is 6.66. The second-order valence-electron chi connectivity index (χ2n) is 8.75. The fraction of sp³-hybridized carbons (Fsp3) is 0.280. The molecule has 0 unspecified atom stereocenters. The van der Waals surface area contributed by atoms with E-state index in [1.54, 1.807) is 7.11 Å². The maximum atomic E-state index is 12.7. The predicted molar refractivity (Wildman–Crippen MR) is 130 cm³/mol. The van der Waals surface area contributed by atoms with Crippen LogP contribution < -0.4 is 4.74 Å². The van der Waals surface area contributed by atoms with E-state index < -0.39 is 5.41 Å². The lowest BCUT2D eigenvalue weighted by molar-refractivity contribution is -0.123. The molecule has 6 nitrogen and oxygen atoms in total. The Morgan fingerprint density at radius 1 is 1.12 bits per heavy atom. The molecule has 0 saturated carbocycles. The standard InChI is InChI=1S/C25H23ClN2O4S/c1-25(2)17(29)9-8-15-21-20(13-4-6-14(32-3)7-5-13)22(26)16(27-24(21)33-23(15)25)12-28-18(30)10-11-19(28)31/h4-7,10-11,30-31H,8-9,12H2,1-3H3. The first-order chi connectivity index (χ1) is 15.7. The molecule has 170 valence electrons. The summed E-state index contributed by atoms with van der Waals surface area (Å²) in [5.74, 6) is 0.810. The second-order valence-corrected chi connectivity index (χ2v) is 10.1. The normalized spacial score (nSPS) is 15.1. The van der Waals surface area contributed by atoms with Crippen LogP contribution in [-0.2, 0) is 23.2 Å². The third kappa shape index (κ3) is 3.38.